The third-order valence-electron chi connectivity index (χ3n) is 2.75. The largest absolute Gasteiger partial charge is 1.00 e. The molecule has 0 aliphatic carbocycles. The Labute approximate surface area is 102 Å². The van der Waals surface area contributed by atoms with Crippen LogP contribution < -0.4 is 28.5 Å². The van der Waals surface area contributed by atoms with Gasteiger partial charge >= 0.3 is 0 Å². The smallest absolute Gasteiger partial charge is 0.186 e. The van der Waals surface area contributed by atoms with Crippen molar-refractivity contribution >= 4 is 10.8 Å². The minimum atomic E-state index is 0. The summed E-state index contributed by atoms with van der Waals surface area (Å²) in [6, 6.07) is 10.7. The summed E-state index contributed by atoms with van der Waals surface area (Å²) >= 11 is 0. The Morgan fingerprint density at radius 2 is 1.71 bits per heavy atom. The second-order valence-corrected chi connectivity index (χ2v) is 3.52. The number of aryl methyl sites for hydroxylation is 2. The average molecular weight is 299 g/mol. The van der Waals surface area contributed by atoms with Gasteiger partial charge in [-0.3, -0.25) is 0 Å². The van der Waals surface area contributed by atoms with E-state index < -0.39 is 0 Å². The molecule has 0 saturated heterocycles. The molecule has 0 fully saturated rings. The molecule has 0 radical (unpaired) electrons. The Kier molecular flexibility index (Phi) is 3.48. The molecule has 1 aromatic heterocycles. The molecule has 0 unspecified atom stereocenters. The molecule has 0 aliphatic heterocycles. The van der Waals surface area contributed by atoms with E-state index in [1.165, 1.54) is 22.2 Å². The van der Waals surface area contributed by atoms with Crippen molar-refractivity contribution in [3.05, 3.63) is 41.7 Å². The summed E-state index contributed by atoms with van der Waals surface area (Å²) in [5, 5.41) is 2.67. The van der Waals surface area contributed by atoms with Crippen LogP contribution in [0.2, 0.25) is 0 Å². The van der Waals surface area contributed by atoms with Gasteiger partial charge in [0.05, 0.1) is 0 Å². The molecule has 0 N–H and O–H groups in total. The van der Waals surface area contributed by atoms with E-state index in [0.717, 1.165) is 0 Å². The molecule has 0 saturated carbocycles. The van der Waals surface area contributed by atoms with Crippen LogP contribution in [-0.2, 0) is 7.05 Å². The number of rotatable bonds is 0. The Hall–Kier alpha value is -0.640. The van der Waals surface area contributed by atoms with E-state index in [-0.39, 0.29) is 24.0 Å². The molecule has 2 rings (SSSR count). The van der Waals surface area contributed by atoms with Crippen molar-refractivity contribution in [2.24, 2.45) is 7.05 Å². The summed E-state index contributed by atoms with van der Waals surface area (Å²) in [6.45, 7) is 4.30. The lowest BCUT2D eigenvalue weighted by Crippen LogP contribution is -3.00. The Morgan fingerprint density at radius 3 is 2.43 bits per heavy atom. The molecular formula is C12H14IN. The van der Waals surface area contributed by atoms with Crippen molar-refractivity contribution in [1.82, 2.24) is 0 Å². The summed E-state index contributed by atoms with van der Waals surface area (Å²) in [7, 11) is 2.11. The van der Waals surface area contributed by atoms with Gasteiger partial charge in [0.2, 0.25) is 0 Å². The molecule has 0 spiro atoms. The highest BCUT2D eigenvalue weighted by molar-refractivity contribution is 5.83. The maximum Gasteiger partial charge on any atom is 0.186 e. The molecule has 0 aliphatic rings. The lowest BCUT2D eigenvalue weighted by molar-refractivity contribution is -0.682. The van der Waals surface area contributed by atoms with Crippen LogP contribution in [0.5, 0.6) is 0 Å². The molecule has 14 heavy (non-hydrogen) atoms. The molecular weight excluding hydrogens is 285 g/mol. The molecule has 1 nitrogen and oxygen atoms in total. The standard InChI is InChI=1S/C12H14N.HI/c1-9-8-11-6-4-5-7-12(11)10(2)13(9)3;/h4-8H,1-3H3;1H/q+1;/p-1. The van der Waals surface area contributed by atoms with Crippen LogP contribution >= 0.6 is 0 Å². The van der Waals surface area contributed by atoms with Gasteiger partial charge in [0, 0.05) is 25.3 Å². The first-order valence-corrected chi connectivity index (χ1v) is 4.55. The van der Waals surface area contributed by atoms with Crippen LogP contribution in [0.15, 0.2) is 30.3 Å². The average Bonchev–Trinajstić information content (AvgIpc) is 2.15. The fraction of sp³-hybridized carbons (Fsp3) is 0.250. The summed E-state index contributed by atoms with van der Waals surface area (Å²) in [5.74, 6) is 0. The highest BCUT2D eigenvalue weighted by Gasteiger charge is 2.09. The number of benzene rings is 1. The molecule has 1 aromatic carbocycles. The summed E-state index contributed by atoms with van der Waals surface area (Å²) in [4.78, 5) is 0. The highest BCUT2D eigenvalue weighted by atomic mass is 127. The molecule has 2 heteroatoms. The predicted molar refractivity (Wildman–Crippen MR) is 54.6 cm³/mol. The van der Waals surface area contributed by atoms with Gasteiger partial charge in [-0.15, -0.1) is 0 Å². The predicted octanol–water partition coefficient (Wildman–Crippen LogP) is -0.715. The maximum atomic E-state index is 2.22. The molecule has 2 aromatic rings. The minimum Gasteiger partial charge on any atom is -1.00 e. The van der Waals surface area contributed by atoms with Crippen molar-refractivity contribution in [2.45, 2.75) is 13.8 Å². The maximum absolute atomic E-state index is 2.22. The number of aromatic nitrogens is 1. The minimum absolute atomic E-state index is 0. The topological polar surface area (TPSA) is 3.88 Å². The Bertz CT molecular complexity index is 463. The summed E-state index contributed by atoms with van der Waals surface area (Å²) in [5.41, 5.74) is 2.63. The van der Waals surface area contributed by atoms with E-state index in [4.69, 9.17) is 0 Å². The monoisotopic (exact) mass is 299 g/mol. The van der Waals surface area contributed by atoms with E-state index in [9.17, 15) is 0 Å². The zero-order chi connectivity index (χ0) is 9.42. The molecule has 0 amide bonds. The quantitative estimate of drug-likeness (QED) is 0.447. The van der Waals surface area contributed by atoms with E-state index in [1.54, 1.807) is 0 Å². The van der Waals surface area contributed by atoms with Gasteiger partial charge in [0.25, 0.3) is 0 Å². The van der Waals surface area contributed by atoms with Crippen LogP contribution in [0.1, 0.15) is 11.4 Å². The van der Waals surface area contributed by atoms with Crippen molar-refractivity contribution < 1.29 is 28.5 Å². The van der Waals surface area contributed by atoms with Crippen molar-refractivity contribution in [1.29, 1.82) is 0 Å². The lowest BCUT2D eigenvalue weighted by atomic mass is 10.1. The number of hydrogen-bond acceptors (Lipinski definition) is 0. The van der Waals surface area contributed by atoms with Crippen LogP contribution in [0.4, 0.5) is 0 Å². The SMILES string of the molecule is Cc1cc2ccccc2c(C)[n+]1C.[I-]. The van der Waals surface area contributed by atoms with E-state index in [1.807, 2.05) is 0 Å². The number of nitrogens with zero attached hydrogens (tertiary/aromatic N) is 1. The zero-order valence-corrected chi connectivity index (χ0v) is 10.9. The van der Waals surface area contributed by atoms with Crippen LogP contribution in [-0.4, -0.2) is 0 Å². The van der Waals surface area contributed by atoms with Gasteiger partial charge in [-0.2, -0.15) is 0 Å². The van der Waals surface area contributed by atoms with Gasteiger partial charge in [-0.25, -0.2) is 4.57 Å². The molecule has 0 bridgehead atoms. The van der Waals surface area contributed by atoms with Crippen LogP contribution in [0.25, 0.3) is 10.8 Å². The van der Waals surface area contributed by atoms with Gasteiger partial charge in [-0.1, -0.05) is 18.2 Å². The van der Waals surface area contributed by atoms with Gasteiger partial charge in [-0.05, 0) is 11.5 Å². The Morgan fingerprint density at radius 1 is 1.07 bits per heavy atom. The number of halogens is 1. The number of hydrogen-bond donors (Lipinski definition) is 0. The third-order valence-corrected chi connectivity index (χ3v) is 2.75. The van der Waals surface area contributed by atoms with Gasteiger partial charge < -0.3 is 24.0 Å². The highest BCUT2D eigenvalue weighted by Crippen LogP contribution is 2.15. The second kappa shape index (κ2) is 4.26. The first kappa shape index (κ1) is 11.4. The normalized spacial score (nSPS) is 9.93. The molecule has 1 heterocycles. The molecule has 0 atom stereocenters. The van der Waals surface area contributed by atoms with Crippen molar-refractivity contribution in [3.63, 3.8) is 0 Å². The van der Waals surface area contributed by atoms with Crippen LogP contribution in [0, 0.1) is 13.8 Å². The van der Waals surface area contributed by atoms with Crippen molar-refractivity contribution in [3.8, 4) is 0 Å². The van der Waals surface area contributed by atoms with Crippen molar-refractivity contribution in [2.75, 3.05) is 0 Å². The number of fused-ring (bicyclic) bond motifs is 1. The fourth-order valence-corrected chi connectivity index (χ4v) is 1.72. The summed E-state index contributed by atoms with van der Waals surface area (Å²) in [6.07, 6.45) is 0. The first-order valence-electron chi connectivity index (χ1n) is 4.55. The Balaban J connectivity index is 0.000000980. The third kappa shape index (κ3) is 1.75. The van der Waals surface area contributed by atoms with E-state index in [0.29, 0.717) is 0 Å². The fourth-order valence-electron chi connectivity index (χ4n) is 1.72. The first-order chi connectivity index (χ1) is 6.20. The second-order valence-electron chi connectivity index (χ2n) is 3.52. The summed E-state index contributed by atoms with van der Waals surface area (Å²) < 4.78 is 2.22. The van der Waals surface area contributed by atoms with Gasteiger partial charge in [0.1, 0.15) is 7.05 Å². The lowest BCUT2D eigenvalue weighted by Gasteiger charge is -2.02. The van der Waals surface area contributed by atoms with E-state index >= 15 is 0 Å². The zero-order valence-electron chi connectivity index (χ0n) is 8.71. The van der Waals surface area contributed by atoms with E-state index in [2.05, 4.69) is 55.8 Å². The van der Waals surface area contributed by atoms with Gasteiger partial charge in [0.15, 0.2) is 11.4 Å². The molecule has 74 valence electrons. The van der Waals surface area contributed by atoms with Crippen LogP contribution in [0.3, 0.4) is 0 Å². The number of pyridine rings is 1.